The zero-order valence-corrected chi connectivity index (χ0v) is 12.9. The van der Waals surface area contributed by atoms with Crippen LogP contribution in [0.1, 0.15) is 46.0 Å². The van der Waals surface area contributed by atoms with Crippen LogP contribution in [0.3, 0.4) is 0 Å². The van der Waals surface area contributed by atoms with Gasteiger partial charge in [-0.25, -0.2) is 0 Å². The molecule has 0 aromatic heterocycles. The molecule has 20 heavy (non-hydrogen) atoms. The van der Waals surface area contributed by atoms with Gasteiger partial charge >= 0.3 is 0 Å². The van der Waals surface area contributed by atoms with Crippen molar-refractivity contribution in [3.8, 4) is 0 Å². The van der Waals surface area contributed by atoms with Gasteiger partial charge in [-0.2, -0.15) is 0 Å². The third kappa shape index (κ3) is 2.73. The Morgan fingerprint density at radius 3 is 2.65 bits per heavy atom. The van der Waals surface area contributed by atoms with Crippen LogP contribution in [0.4, 0.5) is 0 Å². The van der Waals surface area contributed by atoms with Crippen molar-refractivity contribution in [1.82, 2.24) is 9.80 Å². The predicted molar refractivity (Wildman–Crippen MR) is 78.5 cm³/mol. The molecule has 0 spiro atoms. The van der Waals surface area contributed by atoms with E-state index in [1.807, 2.05) is 0 Å². The van der Waals surface area contributed by atoms with Crippen molar-refractivity contribution in [2.45, 2.75) is 64.1 Å². The summed E-state index contributed by atoms with van der Waals surface area (Å²) in [5, 5.41) is 0. The molecule has 0 N–H and O–H groups in total. The average Bonchev–Trinajstić information content (AvgIpc) is 2.74. The Morgan fingerprint density at radius 1 is 1.15 bits per heavy atom. The summed E-state index contributed by atoms with van der Waals surface area (Å²) in [5.74, 6) is 0.467. The van der Waals surface area contributed by atoms with Crippen LogP contribution in [0.5, 0.6) is 0 Å². The normalized spacial score (nSPS) is 35.4. The molecule has 4 heteroatoms. The molecule has 3 fully saturated rings. The maximum atomic E-state index is 12.7. The summed E-state index contributed by atoms with van der Waals surface area (Å²) in [4.78, 5) is 17.5. The summed E-state index contributed by atoms with van der Waals surface area (Å²) in [5.41, 5.74) is 0. The highest BCUT2D eigenvalue weighted by Gasteiger charge is 2.40. The fourth-order valence-corrected chi connectivity index (χ4v) is 4.35. The second kappa shape index (κ2) is 6.02. The summed E-state index contributed by atoms with van der Waals surface area (Å²) in [6.07, 6.45) is 5.77. The maximum absolute atomic E-state index is 12.7. The molecule has 4 nitrogen and oxygen atoms in total. The van der Waals surface area contributed by atoms with Gasteiger partial charge in [-0.05, 0) is 46.0 Å². The lowest BCUT2D eigenvalue weighted by Crippen LogP contribution is -2.46. The Balaban J connectivity index is 1.66. The summed E-state index contributed by atoms with van der Waals surface area (Å²) in [6, 6.07) is 1.87. The van der Waals surface area contributed by atoms with E-state index in [2.05, 4.69) is 23.6 Å². The molecule has 0 aromatic rings. The molecule has 0 radical (unpaired) electrons. The molecule has 2 bridgehead atoms. The summed E-state index contributed by atoms with van der Waals surface area (Å²) >= 11 is 0. The third-order valence-corrected chi connectivity index (χ3v) is 5.26. The first kappa shape index (κ1) is 14.3. The molecule has 0 aliphatic carbocycles. The highest BCUT2D eigenvalue weighted by Crippen LogP contribution is 2.32. The van der Waals surface area contributed by atoms with Crippen LogP contribution in [0.15, 0.2) is 0 Å². The minimum Gasteiger partial charge on any atom is -0.381 e. The van der Waals surface area contributed by atoms with E-state index >= 15 is 0 Å². The molecule has 3 unspecified atom stereocenters. The number of carbonyl (C=O) groups excluding carboxylic acids is 1. The van der Waals surface area contributed by atoms with Crippen molar-refractivity contribution >= 4 is 5.91 Å². The molecule has 3 heterocycles. The number of nitrogens with zero attached hydrogens (tertiary/aromatic N) is 2. The topological polar surface area (TPSA) is 32.8 Å². The maximum Gasteiger partial charge on any atom is 0.228 e. The highest BCUT2D eigenvalue weighted by atomic mass is 16.5. The van der Waals surface area contributed by atoms with Gasteiger partial charge in [-0.3, -0.25) is 9.69 Å². The van der Waals surface area contributed by atoms with Crippen molar-refractivity contribution in [3.63, 3.8) is 0 Å². The van der Waals surface area contributed by atoms with Crippen molar-refractivity contribution in [2.24, 2.45) is 5.92 Å². The fourth-order valence-electron chi connectivity index (χ4n) is 4.35. The molecule has 3 saturated heterocycles. The smallest absolute Gasteiger partial charge is 0.228 e. The number of fused-ring (bicyclic) bond motifs is 2. The lowest BCUT2D eigenvalue weighted by Gasteiger charge is -2.33. The number of rotatable bonds is 2. The monoisotopic (exact) mass is 280 g/mol. The average molecular weight is 280 g/mol. The van der Waals surface area contributed by atoms with Gasteiger partial charge < -0.3 is 9.64 Å². The fraction of sp³-hybridized carbons (Fsp3) is 0.938. The molecule has 0 aromatic carbocycles. The van der Waals surface area contributed by atoms with Crippen LogP contribution in [-0.2, 0) is 9.53 Å². The van der Waals surface area contributed by atoms with Gasteiger partial charge in [0.15, 0.2) is 0 Å². The van der Waals surface area contributed by atoms with E-state index in [-0.39, 0.29) is 5.92 Å². The first-order chi connectivity index (χ1) is 9.66. The van der Waals surface area contributed by atoms with Gasteiger partial charge in [-0.1, -0.05) is 0 Å². The van der Waals surface area contributed by atoms with E-state index < -0.39 is 0 Å². The first-order valence-electron chi connectivity index (χ1n) is 8.30. The van der Waals surface area contributed by atoms with Gasteiger partial charge in [-0.15, -0.1) is 0 Å². The van der Waals surface area contributed by atoms with Gasteiger partial charge in [0.1, 0.15) is 0 Å². The van der Waals surface area contributed by atoms with Crippen LogP contribution in [0.2, 0.25) is 0 Å². The largest absolute Gasteiger partial charge is 0.381 e. The number of likely N-dealkylation sites (tertiary alicyclic amines) is 1. The van der Waals surface area contributed by atoms with Crippen LogP contribution < -0.4 is 0 Å². The van der Waals surface area contributed by atoms with E-state index in [0.29, 0.717) is 30.6 Å². The Morgan fingerprint density at radius 2 is 1.95 bits per heavy atom. The Hall–Kier alpha value is -0.610. The number of hydrogen-bond donors (Lipinski definition) is 0. The number of ether oxygens (including phenoxy) is 1. The van der Waals surface area contributed by atoms with Crippen molar-refractivity contribution in [3.05, 3.63) is 0 Å². The highest BCUT2D eigenvalue weighted by molar-refractivity contribution is 5.79. The second-order valence-corrected chi connectivity index (χ2v) is 6.91. The van der Waals surface area contributed by atoms with Gasteiger partial charge in [0, 0.05) is 37.8 Å². The molecule has 114 valence electrons. The third-order valence-electron chi connectivity index (χ3n) is 5.26. The Bertz CT molecular complexity index is 352. The van der Waals surface area contributed by atoms with Crippen LogP contribution in [0.25, 0.3) is 0 Å². The molecule has 0 saturated carbocycles. The minimum atomic E-state index is 0.118. The van der Waals surface area contributed by atoms with Crippen LogP contribution in [0, 0.1) is 5.92 Å². The zero-order valence-electron chi connectivity index (χ0n) is 12.9. The second-order valence-electron chi connectivity index (χ2n) is 6.91. The summed E-state index contributed by atoms with van der Waals surface area (Å²) in [6.45, 7) is 7.92. The van der Waals surface area contributed by atoms with Crippen LogP contribution in [-0.4, -0.2) is 60.1 Å². The summed E-state index contributed by atoms with van der Waals surface area (Å²) < 4.78 is 5.49. The van der Waals surface area contributed by atoms with E-state index in [1.54, 1.807) is 0 Å². The SMILES string of the molecule is CC(C)N1C2CCC1CN(C(=O)C1CCCOC1)CC2. The van der Waals surface area contributed by atoms with E-state index in [9.17, 15) is 4.79 Å². The zero-order chi connectivity index (χ0) is 14.1. The standard InChI is InChI=1S/C16H28N2O2/c1-12(2)18-14-5-6-15(18)10-17(8-7-14)16(19)13-4-3-9-20-11-13/h12-15H,3-11H2,1-2H3. The molecule has 1 amide bonds. The van der Waals surface area contributed by atoms with Crippen molar-refractivity contribution in [1.29, 1.82) is 0 Å². The van der Waals surface area contributed by atoms with Crippen LogP contribution >= 0.6 is 0 Å². The van der Waals surface area contributed by atoms with Crippen molar-refractivity contribution in [2.75, 3.05) is 26.3 Å². The molecule has 3 aliphatic rings. The predicted octanol–water partition coefficient (Wildman–Crippen LogP) is 1.89. The quantitative estimate of drug-likeness (QED) is 0.774. The van der Waals surface area contributed by atoms with E-state index in [0.717, 1.165) is 39.0 Å². The van der Waals surface area contributed by atoms with Gasteiger partial charge in [0.2, 0.25) is 5.91 Å². The Labute approximate surface area is 122 Å². The molecule has 3 aliphatic heterocycles. The molecule has 3 rings (SSSR count). The lowest BCUT2D eigenvalue weighted by molar-refractivity contribution is -0.140. The number of carbonyl (C=O) groups is 1. The van der Waals surface area contributed by atoms with Crippen molar-refractivity contribution < 1.29 is 9.53 Å². The first-order valence-corrected chi connectivity index (χ1v) is 8.30. The van der Waals surface area contributed by atoms with E-state index in [4.69, 9.17) is 4.74 Å². The van der Waals surface area contributed by atoms with Gasteiger partial charge in [0.05, 0.1) is 12.5 Å². The van der Waals surface area contributed by atoms with E-state index in [1.165, 1.54) is 12.8 Å². The lowest BCUT2D eigenvalue weighted by atomic mass is 9.99. The number of amides is 1. The Kier molecular flexibility index (Phi) is 4.32. The van der Waals surface area contributed by atoms with Gasteiger partial charge in [0.25, 0.3) is 0 Å². The molecular formula is C16H28N2O2. The molecule has 3 atom stereocenters. The summed E-state index contributed by atoms with van der Waals surface area (Å²) in [7, 11) is 0. The minimum absolute atomic E-state index is 0.118. The number of hydrogen-bond acceptors (Lipinski definition) is 3. The molecular weight excluding hydrogens is 252 g/mol.